The molecule has 3 N–H and O–H groups in total. The van der Waals surface area contributed by atoms with E-state index in [1.54, 1.807) is 7.05 Å². The van der Waals surface area contributed by atoms with Crippen LogP contribution in [0.4, 0.5) is 4.79 Å². The van der Waals surface area contributed by atoms with Crippen LogP contribution in [0, 0.1) is 5.92 Å². The lowest BCUT2D eigenvalue weighted by atomic mass is 10.0. The van der Waals surface area contributed by atoms with Crippen molar-refractivity contribution in [3.8, 4) is 0 Å². The fraction of sp³-hybridized carbons (Fsp3) is 0.750. The van der Waals surface area contributed by atoms with E-state index in [0.29, 0.717) is 13.2 Å². The molecule has 2 unspecified atom stereocenters. The molecule has 2 amide bonds. The number of nitrogens with zero attached hydrogens (tertiary/aromatic N) is 1. The molecular formula is C12H20N2O6. The number of carbonyl (C=O) groups excluding carboxylic acids is 1. The van der Waals surface area contributed by atoms with Crippen LogP contribution in [0.15, 0.2) is 0 Å². The molecule has 1 heterocycles. The second-order valence-electron chi connectivity index (χ2n) is 4.90. The number of rotatable bonds is 6. The first-order chi connectivity index (χ1) is 9.40. The highest BCUT2D eigenvalue weighted by atomic mass is 16.5. The summed E-state index contributed by atoms with van der Waals surface area (Å²) in [5.41, 5.74) is 0. The molecule has 0 bridgehead atoms. The first-order valence-electron chi connectivity index (χ1n) is 6.44. The Morgan fingerprint density at radius 3 is 2.60 bits per heavy atom. The van der Waals surface area contributed by atoms with Crippen molar-refractivity contribution in [1.82, 2.24) is 10.2 Å². The highest BCUT2D eigenvalue weighted by Gasteiger charge is 2.25. The van der Waals surface area contributed by atoms with E-state index in [9.17, 15) is 14.4 Å². The second-order valence-corrected chi connectivity index (χ2v) is 4.90. The molecule has 1 fully saturated rings. The zero-order valence-electron chi connectivity index (χ0n) is 11.4. The van der Waals surface area contributed by atoms with Crippen LogP contribution in [0.2, 0.25) is 0 Å². The molecule has 0 spiro atoms. The van der Waals surface area contributed by atoms with Crippen LogP contribution in [0.5, 0.6) is 0 Å². The third-order valence-electron chi connectivity index (χ3n) is 3.11. The van der Waals surface area contributed by atoms with E-state index in [1.165, 1.54) is 4.90 Å². The summed E-state index contributed by atoms with van der Waals surface area (Å²) in [5.74, 6) is -2.42. The minimum Gasteiger partial charge on any atom is -0.481 e. The van der Waals surface area contributed by atoms with Gasteiger partial charge in [-0.25, -0.2) is 9.59 Å². The van der Waals surface area contributed by atoms with Gasteiger partial charge in [0.2, 0.25) is 0 Å². The molecule has 0 saturated carbocycles. The molecule has 1 rings (SSSR count). The fourth-order valence-corrected chi connectivity index (χ4v) is 2.06. The highest BCUT2D eigenvalue weighted by Crippen LogP contribution is 2.14. The Kier molecular flexibility index (Phi) is 6.23. The summed E-state index contributed by atoms with van der Waals surface area (Å²) in [6.45, 7) is 1.76. The van der Waals surface area contributed by atoms with Crippen molar-refractivity contribution in [2.45, 2.75) is 25.3 Å². The van der Waals surface area contributed by atoms with Crippen molar-refractivity contribution in [3.63, 3.8) is 0 Å². The third kappa shape index (κ3) is 5.43. The van der Waals surface area contributed by atoms with E-state index in [4.69, 9.17) is 14.9 Å². The second kappa shape index (κ2) is 7.68. The van der Waals surface area contributed by atoms with Crippen molar-refractivity contribution in [2.75, 3.05) is 26.8 Å². The molecule has 0 aromatic rings. The number of hydrogen-bond acceptors (Lipinski definition) is 4. The number of carboxylic acids is 2. The van der Waals surface area contributed by atoms with Crippen LogP contribution in [0.25, 0.3) is 0 Å². The normalized spacial score (nSPS) is 19.9. The molecule has 0 radical (unpaired) electrons. The smallest absolute Gasteiger partial charge is 0.326 e. The van der Waals surface area contributed by atoms with Gasteiger partial charge in [0.05, 0.1) is 13.0 Å². The molecule has 1 saturated heterocycles. The SMILES string of the molecule is CN(CC1CCCOC1)C(=O)NC(CC(=O)O)C(=O)O. The minimum absolute atomic E-state index is 0.224. The first kappa shape index (κ1) is 16.2. The van der Waals surface area contributed by atoms with Crippen LogP contribution < -0.4 is 5.32 Å². The highest BCUT2D eigenvalue weighted by molar-refractivity contribution is 5.86. The predicted octanol–water partition coefficient (Wildman–Crippen LogP) is -0.0177. The van der Waals surface area contributed by atoms with Gasteiger partial charge >= 0.3 is 18.0 Å². The maximum atomic E-state index is 11.8. The molecule has 20 heavy (non-hydrogen) atoms. The Morgan fingerprint density at radius 2 is 2.10 bits per heavy atom. The Bertz CT molecular complexity index is 367. The maximum Gasteiger partial charge on any atom is 0.326 e. The Hall–Kier alpha value is -1.83. The quantitative estimate of drug-likeness (QED) is 0.632. The van der Waals surface area contributed by atoms with Gasteiger partial charge < -0.3 is 25.2 Å². The number of nitrogens with one attached hydrogen (secondary N) is 1. The van der Waals surface area contributed by atoms with Gasteiger partial charge in [0.25, 0.3) is 0 Å². The Morgan fingerprint density at radius 1 is 1.40 bits per heavy atom. The van der Waals surface area contributed by atoms with E-state index in [0.717, 1.165) is 19.4 Å². The number of aliphatic carboxylic acids is 2. The number of hydrogen-bond donors (Lipinski definition) is 3. The van der Waals surface area contributed by atoms with Gasteiger partial charge in [-0.2, -0.15) is 0 Å². The van der Waals surface area contributed by atoms with E-state index in [2.05, 4.69) is 5.32 Å². The van der Waals surface area contributed by atoms with Crippen molar-refractivity contribution >= 4 is 18.0 Å². The van der Waals surface area contributed by atoms with Crippen LogP contribution in [-0.2, 0) is 14.3 Å². The number of carboxylic acid groups (broad SMARTS) is 2. The summed E-state index contributed by atoms with van der Waals surface area (Å²) in [4.78, 5) is 34.6. The van der Waals surface area contributed by atoms with Crippen molar-refractivity contribution in [2.24, 2.45) is 5.92 Å². The zero-order chi connectivity index (χ0) is 15.1. The number of ether oxygens (including phenoxy) is 1. The molecule has 0 aromatic heterocycles. The van der Waals surface area contributed by atoms with Crippen molar-refractivity contribution < 1.29 is 29.3 Å². The zero-order valence-corrected chi connectivity index (χ0v) is 11.4. The van der Waals surface area contributed by atoms with Gasteiger partial charge in [-0.15, -0.1) is 0 Å². The van der Waals surface area contributed by atoms with E-state index in [-0.39, 0.29) is 5.92 Å². The molecule has 114 valence electrons. The van der Waals surface area contributed by atoms with E-state index < -0.39 is 30.4 Å². The monoisotopic (exact) mass is 288 g/mol. The van der Waals surface area contributed by atoms with E-state index in [1.807, 2.05) is 0 Å². The minimum atomic E-state index is -1.43. The van der Waals surface area contributed by atoms with Crippen molar-refractivity contribution in [1.29, 1.82) is 0 Å². The largest absolute Gasteiger partial charge is 0.481 e. The molecular weight excluding hydrogens is 268 g/mol. The summed E-state index contributed by atoms with van der Waals surface area (Å²) in [5, 5.41) is 19.7. The molecule has 0 aliphatic carbocycles. The summed E-state index contributed by atoms with van der Waals surface area (Å²) < 4.78 is 5.30. The van der Waals surface area contributed by atoms with Crippen LogP contribution in [-0.4, -0.2) is 65.9 Å². The summed E-state index contributed by atoms with van der Waals surface area (Å²) in [6, 6.07) is -2.02. The number of amides is 2. The van der Waals surface area contributed by atoms with Gasteiger partial charge in [-0.1, -0.05) is 0 Å². The van der Waals surface area contributed by atoms with Crippen molar-refractivity contribution in [3.05, 3.63) is 0 Å². The molecule has 0 aromatic carbocycles. The van der Waals surface area contributed by atoms with Crippen LogP contribution >= 0.6 is 0 Å². The summed E-state index contributed by atoms with van der Waals surface area (Å²) >= 11 is 0. The summed E-state index contributed by atoms with van der Waals surface area (Å²) in [6.07, 6.45) is 1.24. The Balaban J connectivity index is 2.45. The van der Waals surface area contributed by atoms with Gasteiger partial charge in [0.1, 0.15) is 6.04 Å². The van der Waals surface area contributed by atoms with Gasteiger partial charge in [0, 0.05) is 26.1 Å². The summed E-state index contributed by atoms with van der Waals surface area (Å²) in [7, 11) is 1.55. The van der Waals surface area contributed by atoms with Crippen LogP contribution in [0.1, 0.15) is 19.3 Å². The maximum absolute atomic E-state index is 11.8. The molecule has 2 atom stereocenters. The third-order valence-corrected chi connectivity index (χ3v) is 3.11. The molecule has 1 aliphatic rings. The van der Waals surface area contributed by atoms with Gasteiger partial charge in [-0.3, -0.25) is 4.79 Å². The molecule has 1 aliphatic heterocycles. The first-order valence-corrected chi connectivity index (χ1v) is 6.44. The predicted molar refractivity (Wildman–Crippen MR) is 68.4 cm³/mol. The fourth-order valence-electron chi connectivity index (χ4n) is 2.06. The van der Waals surface area contributed by atoms with Gasteiger partial charge in [0.15, 0.2) is 0 Å². The molecule has 8 nitrogen and oxygen atoms in total. The standard InChI is InChI=1S/C12H20N2O6/c1-14(6-8-3-2-4-20-7-8)12(19)13-9(11(17)18)5-10(15)16/h8-9H,2-7H2,1H3,(H,13,19)(H,15,16)(H,17,18). The average Bonchev–Trinajstić information content (AvgIpc) is 2.38. The Labute approximate surface area is 116 Å². The topological polar surface area (TPSA) is 116 Å². The lowest BCUT2D eigenvalue weighted by Gasteiger charge is -2.28. The van der Waals surface area contributed by atoms with Gasteiger partial charge in [-0.05, 0) is 12.8 Å². The lowest BCUT2D eigenvalue weighted by molar-refractivity contribution is -0.145. The van der Waals surface area contributed by atoms with E-state index >= 15 is 0 Å². The van der Waals surface area contributed by atoms with Crippen LogP contribution in [0.3, 0.4) is 0 Å². The molecule has 8 heteroatoms. The number of urea groups is 1. The number of carbonyl (C=O) groups is 3. The average molecular weight is 288 g/mol. The lowest BCUT2D eigenvalue weighted by Crippen LogP contribution is -2.49.